The lowest BCUT2D eigenvalue weighted by molar-refractivity contribution is 0.0817. The molecule has 0 saturated carbocycles. The maximum atomic E-state index is 12.4. The highest BCUT2D eigenvalue weighted by Crippen LogP contribution is 2.32. The van der Waals surface area contributed by atoms with Gasteiger partial charge in [-0.2, -0.15) is 0 Å². The molecule has 2 aromatic rings. The van der Waals surface area contributed by atoms with E-state index in [4.69, 9.17) is 0 Å². The topological polar surface area (TPSA) is 37.3 Å². The van der Waals surface area contributed by atoms with Gasteiger partial charge in [-0.15, -0.1) is 11.3 Å². The second-order valence-electron chi connectivity index (χ2n) is 5.41. The molecule has 0 bridgehead atoms. The number of hydrogen-bond donors (Lipinski definition) is 1. The average molecular weight is 287 g/mol. The fourth-order valence-corrected chi connectivity index (χ4v) is 4.00. The molecular weight excluding hydrogens is 270 g/mol. The predicted octanol–water partition coefficient (Wildman–Crippen LogP) is 2.77. The quantitative estimate of drug-likeness (QED) is 0.875. The molecule has 4 rings (SSSR count). The second kappa shape index (κ2) is 4.75. The first kappa shape index (κ1) is 12.2. The Labute approximate surface area is 122 Å². The molecule has 0 radical (unpaired) electrons. The van der Waals surface area contributed by atoms with Crippen molar-refractivity contribution in [2.75, 3.05) is 13.1 Å². The number of piperidine rings is 1. The van der Waals surface area contributed by atoms with E-state index < -0.39 is 0 Å². The molecular formula is C15H17N3OS. The maximum absolute atomic E-state index is 12.4. The van der Waals surface area contributed by atoms with Crippen LogP contribution >= 0.6 is 11.3 Å². The summed E-state index contributed by atoms with van der Waals surface area (Å²) in [5.74, 6) is 0.0503. The standard InChI is InChI=1S/C15H17N3OS/c19-15-13-11(6-10-20-13)18-9-4-5-12(18)14(16-15)17-7-2-1-3-8-17/h4-6,9-10,14H,1-3,7-8H2,(H,16,19). The lowest BCUT2D eigenvalue weighted by Crippen LogP contribution is -2.43. The Morgan fingerprint density at radius 2 is 2.05 bits per heavy atom. The molecule has 1 unspecified atom stereocenters. The van der Waals surface area contributed by atoms with Crippen LogP contribution in [0, 0.1) is 0 Å². The second-order valence-corrected chi connectivity index (χ2v) is 6.33. The molecule has 4 nitrogen and oxygen atoms in total. The highest BCUT2D eigenvalue weighted by atomic mass is 32.1. The van der Waals surface area contributed by atoms with Gasteiger partial charge in [0.15, 0.2) is 0 Å². The Morgan fingerprint density at radius 3 is 2.90 bits per heavy atom. The van der Waals surface area contributed by atoms with Crippen molar-refractivity contribution in [1.29, 1.82) is 0 Å². The first-order valence-corrected chi connectivity index (χ1v) is 8.02. The third-order valence-corrected chi connectivity index (χ3v) is 5.10. The van der Waals surface area contributed by atoms with Crippen molar-refractivity contribution in [3.8, 4) is 5.69 Å². The van der Waals surface area contributed by atoms with Gasteiger partial charge >= 0.3 is 0 Å². The Kier molecular flexibility index (Phi) is 2.89. The number of carbonyl (C=O) groups excluding carboxylic acids is 1. The van der Waals surface area contributed by atoms with E-state index in [0.717, 1.165) is 29.3 Å². The van der Waals surface area contributed by atoms with Crippen LogP contribution in [0.15, 0.2) is 29.8 Å². The number of rotatable bonds is 1. The molecule has 1 saturated heterocycles. The summed E-state index contributed by atoms with van der Waals surface area (Å²) in [7, 11) is 0. The lowest BCUT2D eigenvalue weighted by Gasteiger charge is -2.34. The number of amides is 1. The molecule has 1 atom stereocenters. The lowest BCUT2D eigenvalue weighted by atomic mass is 10.1. The van der Waals surface area contributed by atoms with Crippen molar-refractivity contribution in [1.82, 2.24) is 14.8 Å². The largest absolute Gasteiger partial charge is 0.330 e. The van der Waals surface area contributed by atoms with E-state index in [-0.39, 0.29) is 12.1 Å². The number of nitrogens with one attached hydrogen (secondary N) is 1. The molecule has 20 heavy (non-hydrogen) atoms. The Morgan fingerprint density at radius 1 is 1.20 bits per heavy atom. The summed E-state index contributed by atoms with van der Waals surface area (Å²) >= 11 is 1.51. The van der Waals surface area contributed by atoms with Gasteiger partial charge in [0, 0.05) is 19.3 Å². The fourth-order valence-electron chi connectivity index (χ4n) is 3.22. The summed E-state index contributed by atoms with van der Waals surface area (Å²) in [6, 6.07) is 6.21. The zero-order valence-electron chi connectivity index (χ0n) is 11.2. The van der Waals surface area contributed by atoms with Gasteiger partial charge in [-0.25, -0.2) is 0 Å². The first-order chi connectivity index (χ1) is 9.84. The van der Waals surface area contributed by atoms with E-state index in [0.29, 0.717) is 0 Å². The Bertz CT molecular complexity index is 639. The van der Waals surface area contributed by atoms with Crippen LogP contribution in [-0.4, -0.2) is 28.5 Å². The number of fused-ring (bicyclic) bond motifs is 3. The van der Waals surface area contributed by atoms with Crippen LogP contribution in [0.3, 0.4) is 0 Å². The van der Waals surface area contributed by atoms with Gasteiger partial charge in [0.2, 0.25) is 0 Å². The van der Waals surface area contributed by atoms with Gasteiger partial charge in [0.25, 0.3) is 5.91 Å². The predicted molar refractivity (Wildman–Crippen MR) is 79.3 cm³/mol. The summed E-state index contributed by atoms with van der Waals surface area (Å²) in [6.45, 7) is 2.12. The van der Waals surface area contributed by atoms with E-state index in [1.165, 1.54) is 30.6 Å². The number of aromatic nitrogens is 1. The Balaban J connectivity index is 1.79. The minimum absolute atomic E-state index is 0.00241. The number of likely N-dealkylation sites (tertiary alicyclic amines) is 1. The molecule has 104 valence electrons. The van der Waals surface area contributed by atoms with E-state index in [1.54, 1.807) is 0 Å². The van der Waals surface area contributed by atoms with Crippen molar-refractivity contribution in [3.63, 3.8) is 0 Å². The summed E-state index contributed by atoms with van der Waals surface area (Å²) in [4.78, 5) is 15.6. The molecule has 1 fully saturated rings. The van der Waals surface area contributed by atoms with E-state index in [9.17, 15) is 4.79 Å². The number of hydrogen-bond acceptors (Lipinski definition) is 3. The normalized spacial score (nSPS) is 22.8. The summed E-state index contributed by atoms with van der Waals surface area (Å²) < 4.78 is 2.16. The molecule has 0 aromatic carbocycles. The van der Waals surface area contributed by atoms with Crippen molar-refractivity contribution in [3.05, 3.63) is 40.3 Å². The van der Waals surface area contributed by atoms with Gasteiger partial charge in [-0.05, 0) is 36.4 Å². The summed E-state index contributed by atoms with van der Waals surface area (Å²) in [6.07, 6.45) is 5.78. The molecule has 1 amide bonds. The van der Waals surface area contributed by atoms with Gasteiger partial charge in [0.05, 0.1) is 11.4 Å². The van der Waals surface area contributed by atoms with Crippen LogP contribution in [0.4, 0.5) is 0 Å². The van der Waals surface area contributed by atoms with Crippen LogP contribution in [-0.2, 0) is 0 Å². The molecule has 0 spiro atoms. The third-order valence-electron chi connectivity index (χ3n) is 4.19. The monoisotopic (exact) mass is 287 g/mol. The summed E-state index contributed by atoms with van der Waals surface area (Å²) in [5, 5.41) is 5.19. The highest BCUT2D eigenvalue weighted by molar-refractivity contribution is 7.12. The molecule has 0 aliphatic carbocycles. The number of thiophene rings is 1. The first-order valence-electron chi connectivity index (χ1n) is 7.14. The molecule has 4 heterocycles. The minimum Gasteiger partial charge on any atom is -0.330 e. The van der Waals surface area contributed by atoms with Crippen LogP contribution < -0.4 is 5.32 Å². The summed E-state index contributed by atoms with van der Waals surface area (Å²) in [5.41, 5.74) is 2.17. The van der Waals surface area contributed by atoms with Crippen molar-refractivity contribution in [2.45, 2.75) is 25.4 Å². The average Bonchev–Trinajstić information content (AvgIpc) is 3.12. The minimum atomic E-state index is -0.00241. The van der Waals surface area contributed by atoms with Crippen LogP contribution in [0.25, 0.3) is 5.69 Å². The van der Waals surface area contributed by atoms with Crippen molar-refractivity contribution in [2.24, 2.45) is 0 Å². The van der Waals surface area contributed by atoms with Crippen molar-refractivity contribution >= 4 is 17.2 Å². The molecule has 2 aliphatic rings. The SMILES string of the molecule is O=C1NC(N2CCCCC2)c2cccn2-c2ccsc21. The van der Waals surface area contributed by atoms with E-state index >= 15 is 0 Å². The van der Waals surface area contributed by atoms with Crippen LogP contribution in [0.5, 0.6) is 0 Å². The highest BCUT2D eigenvalue weighted by Gasteiger charge is 2.31. The smallest absolute Gasteiger partial charge is 0.265 e. The maximum Gasteiger partial charge on any atom is 0.265 e. The van der Waals surface area contributed by atoms with Crippen LogP contribution in [0.1, 0.15) is 40.8 Å². The van der Waals surface area contributed by atoms with Gasteiger partial charge < -0.3 is 9.88 Å². The zero-order chi connectivity index (χ0) is 13.5. The number of nitrogens with zero attached hydrogens (tertiary/aromatic N) is 2. The van der Waals surface area contributed by atoms with Gasteiger partial charge in [-0.3, -0.25) is 9.69 Å². The zero-order valence-corrected chi connectivity index (χ0v) is 12.0. The molecule has 2 aliphatic heterocycles. The van der Waals surface area contributed by atoms with E-state index in [2.05, 4.69) is 33.1 Å². The molecule has 1 N–H and O–H groups in total. The Hall–Kier alpha value is -1.59. The fraction of sp³-hybridized carbons (Fsp3) is 0.400. The van der Waals surface area contributed by atoms with Gasteiger partial charge in [-0.1, -0.05) is 6.42 Å². The molecule has 5 heteroatoms. The molecule has 2 aromatic heterocycles. The van der Waals surface area contributed by atoms with Gasteiger partial charge in [0.1, 0.15) is 11.0 Å². The third kappa shape index (κ3) is 1.81. The van der Waals surface area contributed by atoms with Crippen molar-refractivity contribution < 1.29 is 4.79 Å². The van der Waals surface area contributed by atoms with Crippen LogP contribution in [0.2, 0.25) is 0 Å². The number of carbonyl (C=O) groups is 1. The van der Waals surface area contributed by atoms with E-state index in [1.807, 2.05) is 11.4 Å².